The first-order valence-electron chi connectivity index (χ1n) is 6.39. The number of nitrogens with zero attached hydrogens (tertiary/aromatic N) is 1. The highest BCUT2D eigenvalue weighted by atomic mass is 16.5. The van der Waals surface area contributed by atoms with E-state index in [1.54, 1.807) is 12.4 Å². The molecule has 1 N–H and O–H groups in total. The van der Waals surface area contributed by atoms with Gasteiger partial charge in [0.05, 0.1) is 11.7 Å². The van der Waals surface area contributed by atoms with Crippen LogP contribution in [0, 0.1) is 0 Å². The summed E-state index contributed by atoms with van der Waals surface area (Å²) in [6.07, 6.45) is 5.28. The summed E-state index contributed by atoms with van der Waals surface area (Å²) in [5.41, 5.74) is 0.621. The second-order valence-electron chi connectivity index (χ2n) is 4.29. The Morgan fingerprint density at radius 2 is 2.06 bits per heavy atom. The van der Waals surface area contributed by atoms with Crippen molar-refractivity contribution < 1.29 is 9.84 Å². The molecule has 1 atom stereocenters. The van der Waals surface area contributed by atoms with Gasteiger partial charge in [0.25, 0.3) is 0 Å². The molecule has 3 nitrogen and oxygen atoms in total. The average Bonchev–Trinajstić information content (AvgIpc) is 2.37. The zero-order chi connectivity index (χ0) is 12.7. The molecule has 0 amide bonds. The number of rotatable bonds is 7. The maximum absolute atomic E-state index is 10.4. The van der Waals surface area contributed by atoms with Crippen LogP contribution in [0.5, 0.6) is 0 Å². The van der Waals surface area contributed by atoms with Crippen LogP contribution >= 0.6 is 0 Å². The highest BCUT2D eigenvalue weighted by Gasteiger charge is 2.35. The van der Waals surface area contributed by atoms with Crippen LogP contribution in [0.25, 0.3) is 0 Å². The van der Waals surface area contributed by atoms with Gasteiger partial charge in [-0.25, -0.2) is 0 Å². The molecule has 0 aliphatic heterocycles. The third-order valence-electron chi connectivity index (χ3n) is 3.39. The summed E-state index contributed by atoms with van der Waals surface area (Å²) in [5, 5.41) is 10.4. The summed E-state index contributed by atoms with van der Waals surface area (Å²) >= 11 is 0. The molecule has 0 spiro atoms. The summed E-state index contributed by atoms with van der Waals surface area (Å²) in [7, 11) is 0. The molecule has 1 rings (SSSR count). The van der Waals surface area contributed by atoms with Crippen LogP contribution in [-0.2, 0) is 11.2 Å². The third-order valence-corrected chi connectivity index (χ3v) is 3.39. The summed E-state index contributed by atoms with van der Waals surface area (Å²) < 4.78 is 5.79. The minimum atomic E-state index is -0.485. The van der Waals surface area contributed by atoms with Crippen LogP contribution < -0.4 is 0 Å². The molecule has 1 aromatic rings. The summed E-state index contributed by atoms with van der Waals surface area (Å²) in [6, 6.07) is 3.88. The Balaban J connectivity index is 2.75. The second-order valence-corrected chi connectivity index (χ2v) is 4.29. The Morgan fingerprint density at radius 3 is 2.53 bits per heavy atom. The van der Waals surface area contributed by atoms with Crippen molar-refractivity contribution in [1.82, 2.24) is 4.98 Å². The van der Waals surface area contributed by atoms with E-state index in [9.17, 15) is 5.11 Å². The monoisotopic (exact) mass is 237 g/mol. The number of hydrogen-bond donors (Lipinski definition) is 1. The van der Waals surface area contributed by atoms with Crippen molar-refractivity contribution in [3.05, 3.63) is 30.1 Å². The lowest BCUT2D eigenvalue weighted by atomic mass is 9.87. The molecule has 1 unspecified atom stereocenters. The Hall–Kier alpha value is -0.930. The first kappa shape index (κ1) is 14.1. The van der Waals surface area contributed by atoms with Crippen LogP contribution in [0.4, 0.5) is 0 Å². The minimum Gasteiger partial charge on any atom is -0.390 e. The molecular formula is C14H23NO2. The molecule has 96 valence electrons. The summed E-state index contributed by atoms with van der Waals surface area (Å²) in [6.45, 7) is 6.72. The van der Waals surface area contributed by atoms with E-state index in [1.165, 1.54) is 0 Å². The summed E-state index contributed by atoms with van der Waals surface area (Å²) in [5.74, 6) is 0. The first-order chi connectivity index (χ1) is 8.18. The van der Waals surface area contributed by atoms with Gasteiger partial charge < -0.3 is 9.84 Å². The predicted molar refractivity (Wildman–Crippen MR) is 68.9 cm³/mol. The van der Waals surface area contributed by atoms with Crippen molar-refractivity contribution in [2.24, 2.45) is 0 Å². The van der Waals surface area contributed by atoms with E-state index in [2.05, 4.69) is 18.8 Å². The number of aromatic nitrogens is 1. The van der Waals surface area contributed by atoms with E-state index >= 15 is 0 Å². The van der Waals surface area contributed by atoms with E-state index in [0.717, 1.165) is 18.4 Å². The standard InChI is InChI=1S/C14H23NO2/c1-4-14(5-2,17-6-3)13(16)10-12-8-7-9-15-11-12/h7-9,11,13,16H,4-6,10H2,1-3H3. The molecule has 17 heavy (non-hydrogen) atoms. The van der Waals surface area contributed by atoms with Crippen molar-refractivity contribution in [3.8, 4) is 0 Å². The zero-order valence-corrected chi connectivity index (χ0v) is 11.0. The molecular weight excluding hydrogens is 214 g/mol. The van der Waals surface area contributed by atoms with Gasteiger partial charge in [-0.3, -0.25) is 4.98 Å². The Kier molecular flexibility index (Phi) is 5.59. The maximum atomic E-state index is 10.4. The van der Waals surface area contributed by atoms with Gasteiger partial charge in [0, 0.05) is 25.4 Å². The Bertz CT molecular complexity index is 309. The predicted octanol–water partition coefficient (Wildman–Crippen LogP) is 2.58. The van der Waals surface area contributed by atoms with Crippen LogP contribution in [0.1, 0.15) is 39.2 Å². The number of aliphatic hydroxyl groups is 1. The number of ether oxygens (including phenoxy) is 1. The molecule has 1 heterocycles. The van der Waals surface area contributed by atoms with Gasteiger partial charge in [-0.2, -0.15) is 0 Å². The topological polar surface area (TPSA) is 42.4 Å². The number of hydrogen-bond acceptors (Lipinski definition) is 3. The zero-order valence-electron chi connectivity index (χ0n) is 11.0. The fraction of sp³-hybridized carbons (Fsp3) is 0.643. The number of pyridine rings is 1. The van der Waals surface area contributed by atoms with Crippen molar-refractivity contribution in [2.45, 2.75) is 51.7 Å². The SMILES string of the molecule is CCOC(CC)(CC)C(O)Cc1cccnc1. The van der Waals surface area contributed by atoms with E-state index in [1.807, 2.05) is 19.1 Å². The van der Waals surface area contributed by atoms with Crippen LogP contribution in [0.3, 0.4) is 0 Å². The minimum absolute atomic E-state index is 0.426. The molecule has 0 saturated heterocycles. The third kappa shape index (κ3) is 3.51. The fourth-order valence-electron chi connectivity index (χ4n) is 2.24. The Morgan fingerprint density at radius 1 is 1.35 bits per heavy atom. The normalized spacial score (nSPS) is 13.6. The molecule has 0 radical (unpaired) electrons. The van der Waals surface area contributed by atoms with Gasteiger partial charge >= 0.3 is 0 Å². The molecule has 0 bridgehead atoms. The van der Waals surface area contributed by atoms with Crippen molar-refractivity contribution in [1.29, 1.82) is 0 Å². The fourth-order valence-corrected chi connectivity index (χ4v) is 2.24. The largest absolute Gasteiger partial charge is 0.390 e. The smallest absolute Gasteiger partial charge is 0.0938 e. The van der Waals surface area contributed by atoms with Crippen molar-refractivity contribution in [2.75, 3.05) is 6.61 Å². The summed E-state index contributed by atoms with van der Waals surface area (Å²) in [4.78, 5) is 4.07. The van der Waals surface area contributed by atoms with E-state index in [0.29, 0.717) is 13.0 Å². The van der Waals surface area contributed by atoms with E-state index in [4.69, 9.17) is 4.74 Å². The second kappa shape index (κ2) is 6.72. The van der Waals surface area contributed by atoms with Gasteiger partial charge in [0.1, 0.15) is 0 Å². The van der Waals surface area contributed by atoms with Crippen LogP contribution in [0.15, 0.2) is 24.5 Å². The highest BCUT2D eigenvalue weighted by Crippen LogP contribution is 2.27. The molecule has 0 aliphatic carbocycles. The van der Waals surface area contributed by atoms with Crippen LogP contribution in [0.2, 0.25) is 0 Å². The number of aliphatic hydroxyl groups excluding tert-OH is 1. The lowest BCUT2D eigenvalue weighted by Gasteiger charge is -2.36. The molecule has 0 aliphatic rings. The van der Waals surface area contributed by atoms with Gasteiger partial charge in [-0.15, -0.1) is 0 Å². The van der Waals surface area contributed by atoms with Gasteiger partial charge in [0.2, 0.25) is 0 Å². The lowest BCUT2D eigenvalue weighted by Crippen LogP contribution is -2.45. The van der Waals surface area contributed by atoms with Gasteiger partial charge in [0.15, 0.2) is 0 Å². The van der Waals surface area contributed by atoms with Crippen molar-refractivity contribution >= 4 is 0 Å². The van der Waals surface area contributed by atoms with Gasteiger partial charge in [-0.1, -0.05) is 19.9 Å². The maximum Gasteiger partial charge on any atom is 0.0938 e. The van der Waals surface area contributed by atoms with E-state index in [-0.39, 0.29) is 0 Å². The molecule has 0 aromatic carbocycles. The highest BCUT2D eigenvalue weighted by molar-refractivity contribution is 5.11. The van der Waals surface area contributed by atoms with E-state index < -0.39 is 11.7 Å². The average molecular weight is 237 g/mol. The quantitative estimate of drug-likeness (QED) is 0.792. The molecule has 0 saturated carbocycles. The Labute approximate surface area is 104 Å². The van der Waals surface area contributed by atoms with Crippen molar-refractivity contribution in [3.63, 3.8) is 0 Å². The molecule has 3 heteroatoms. The van der Waals surface area contributed by atoms with Gasteiger partial charge in [-0.05, 0) is 31.4 Å². The molecule has 0 fully saturated rings. The molecule has 1 aromatic heterocycles. The van der Waals surface area contributed by atoms with Crippen LogP contribution in [-0.4, -0.2) is 28.4 Å². The lowest BCUT2D eigenvalue weighted by molar-refractivity contribution is -0.124. The first-order valence-corrected chi connectivity index (χ1v) is 6.39.